The minimum absolute atomic E-state index is 0.614. The molecule has 1 aliphatic rings. The number of nitrogens with one attached hydrogen (secondary N) is 1. The maximum absolute atomic E-state index is 5.59. The predicted molar refractivity (Wildman–Crippen MR) is 69.3 cm³/mol. The molecule has 1 N–H and O–H groups in total. The Bertz CT molecular complexity index is 497. The Kier molecular flexibility index (Phi) is 2.99. The van der Waals surface area contributed by atoms with Gasteiger partial charge >= 0.3 is 0 Å². The van der Waals surface area contributed by atoms with E-state index in [1.165, 1.54) is 18.5 Å². The second kappa shape index (κ2) is 4.63. The van der Waals surface area contributed by atoms with Gasteiger partial charge in [-0.05, 0) is 38.4 Å². The Morgan fingerprint density at radius 1 is 1.53 bits per heavy atom. The minimum Gasteiger partial charge on any atom is -0.459 e. The maximum Gasteiger partial charge on any atom is 0.162 e. The molecule has 90 valence electrons. The molecule has 1 saturated heterocycles. The zero-order chi connectivity index (χ0) is 11.7. The highest BCUT2D eigenvalue weighted by Crippen LogP contribution is 2.26. The summed E-state index contributed by atoms with van der Waals surface area (Å²) in [5.74, 6) is 1.83. The topological polar surface area (TPSA) is 38.1 Å². The number of aromatic nitrogens is 1. The van der Waals surface area contributed by atoms with Gasteiger partial charge in [-0.1, -0.05) is 0 Å². The molecule has 1 atom stereocenters. The Hall–Kier alpha value is -1.13. The lowest BCUT2D eigenvalue weighted by Gasteiger charge is -2.06. The number of nitrogens with zero attached hydrogens (tertiary/aromatic N) is 1. The van der Waals surface area contributed by atoms with E-state index in [9.17, 15) is 0 Å². The van der Waals surface area contributed by atoms with Crippen molar-refractivity contribution in [3.63, 3.8) is 0 Å². The van der Waals surface area contributed by atoms with Crippen molar-refractivity contribution in [2.75, 3.05) is 6.54 Å². The Balaban J connectivity index is 1.73. The highest BCUT2D eigenvalue weighted by Gasteiger charge is 2.16. The summed E-state index contributed by atoms with van der Waals surface area (Å²) in [6, 6.07) is 4.59. The van der Waals surface area contributed by atoms with Crippen LogP contribution < -0.4 is 5.32 Å². The third-order valence-electron chi connectivity index (χ3n) is 3.12. The summed E-state index contributed by atoms with van der Waals surface area (Å²) in [6.07, 6.45) is 3.60. The molecule has 1 aliphatic heterocycles. The average molecular weight is 248 g/mol. The Labute approximate surface area is 105 Å². The summed E-state index contributed by atoms with van der Waals surface area (Å²) >= 11 is 1.67. The van der Waals surface area contributed by atoms with E-state index in [2.05, 4.69) is 15.7 Å². The molecular weight excluding hydrogens is 232 g/mol. The molecular formula is C13H16N2OS. The van der Waals surface area contributed by atoms with Gasteiger partial charge in [0.1, 0.15) is 5.76 Å². The Morgan fingerprint density at radius 2 is 2.47 bits per heavy atom. The number of hydrogen-bond donors (Lipinski definition) is 1. The molecule has 2 aromatic heterocycles. The first-order chi connectivity index (χ1) is 8.31. The van der Waals surface area contributed by atoms with Crippen molar-refractivity contribution in [2.45, 2.75) is 32.2 Å². The molecule has 0 radical (unpaired) electrons. The normalized spacial score (nSPS) is 19.9. The summed E-state index contributed by atoms with van der Waals surface area (Å²) in [7, 11) is 0. The monoisotopic (exact) mass is 248 g/mol. The molecule has 0 amide bonds. The van der Waals surface area contributed by atoms with Crippen molar-refractivity contribution in [3.8, 4) is 10.8 Å². The van der Waals surface area contributed by atoms with Gasteiger partial charge < -0.3 is 9.73 Å². The molecule has 17 heavy (non-hydrogen) atoms. The van der Waals surface area contributed by atoms with Crippen molar-refractivity contribution in [2.24, 2.45) is 0 Å². The van der Waals surface area contributed by atoms with Gasteiger partial charge in [-0.2, -0.15) is 0 Å². The van der Waals surface area contributed by atoms with E-state index >= 15 is 0 Å². The van der Waals surface area contributed by atoms with Crippen LogP contribution in [0.1, 0.15) is 24.3 Å². The summed E-state index contributed by atoms with van der Waals surface area (Å²) in [6.45, 7) is 3.11. The highest BCUT2D eigenvalue weighted by molar-refractivity contribution is 7.13. The summed E-state index contributed by atoms with van der Waals surface area (Å²) in [4.78, 5) is 4.64. The first kappa shape index (κ1) is 11.0. The molecule has 0 spiro atoms. The van der Waals surface area contributed by atoms with Crippen molar-refractivity contribution in [1.82, 2.24) is 10.3 Å². The SMILES string of the molecule is Cc1ccc(-c2nc(CC3CCCN3)cs2)o1. The number of hydrogen-bond acceptors (Lipinski definition) is 4. The molecule has 3 heterocycles. The van der Waals surface area contributed by atoms with E-state index < -0.39 is 0 Å². The number of thiazole rings is 1. The van der Waals surface area contributed by atoms with Gasteiger partial charge in [0.15, 0.2) is 10.8 Å². The summed E-state index contributed by atoms with van der Waals surface area (Å²) < 4.78 is 5.59. The zero-order valence-corrected chi connectivity index (χ0v) is 10.7. The smallest absolute Gasteiger partial charge is 0.162 e. The molecule has 0 aromatic carbocycles. The van der Waals surface area contributed by atoms with E-state index in [1.54, 1.807) is 11.3 Å². The van der Waals surface area contributed by atoms with Gasteiger partial charge in [-0.25, -0.2) is 4.98 Å². The average Bonchev–Trinajstić information content (AvgIpc) is 2.99. The van der Waals surface area contributed by atoms with E-state index in [0.29, 0.717) is 6.04 Å². The van der Waals surface area contributed by atoms with Gasteiger partial charge in [-0.3, -0.25) is 0 Å². The van der Waals surface area contributed by atoms with Crippen LogP contribution in [0.3, 0.4) is 0 Å². The van der Waals surface area contributed by atoms with Crippen molar-refractivity contribution < 1.29 is 4.42 Å². The van der Waals surface area contributed by atoms with Crippen LogP contribution in [0.2, 0.25) is 0 Å². The molecule has 2 aromatic rings. The lowest BCUT2D eigenvalue weighted by atomic mass is 10.1. The zero-order valence-electron chi connectivity index (χ0n) is 9.90. The summed E-state index contributed by atoms with van der Waals surface area (Å²) in [5, 5.41) is 6.64. The van der Waals surface area contributed by atoms with Gasteiger partial charge in [0.05, 0.1) is 5.69 Å². The van der Waals surface area contributed by atoms with E-state index in [1.807, 2.05) is 19.1 Å². The summed E-state index contributed by atoms with van der Waals surface area (Å²) in [5.41, 5.74) is 1.18. The molecule has 4 heteroatoms. The minimum atomic E-state index is 0.614. The Morgan fingerprint density at radius 3 is 3.18 bits per heavy atom. The first-order valence-electron chi connectivity index (χ1n) is 6.06. The lowest BCUT2D eigenvalue weighted by molar-refractivity contribution is 0.547. The van der Waals surface area contributed by atoms with Gasteiger partial charge in [0.25, 0.3) is 0 Å². The second-order valence-corrected chi connectivity index (χ2v) is 5.41. The predicted octanol–water partition coefficient (Wildman–Crippen LogP) is 3.01. The quantitative estimate of drug-likeness (QED) is 0.907. The van der Waals surface area contributed by atoms with Crippen molar-refractivity contribution >= 4 is 11.3 Å². The molecule has 3 rings (SSSR count). The third-order valence-corrected chi connectivity index (χ3v) is 4.03. The van der Waals surface area contributed by atoms with E-state index in [0.717, 1.165) is 29.5 Å². The first-order valence-corrected chi connectivity index (χ1v) is 6.94. The van der Waals surface area contributed by atoms with E-state index in [4.69, 9.17) is 4.42 Å². The van der Waals surface area contributed by atoms with Gasteiger partial charge in [-0.15, -0.1) is 11.3 Å². The molecule has 0 bridgehead atoms. The van der Waals surface area contributed by atoms with Crippen LogP contribution in [0.4, 0.5) is 0 Å². The van der Waals surface area contributed by atoms with Crippen LogP contribution in [-0.4, -0.2) is 17.6 Å². The van der Waals surface area contributed by atoms with Crippen LogP contribution in [-0.2, 0) is 6.42 Å². The fourth-order valence-electron chi connectivity index (χ4n) is 2.25. The van der Waals surface area contributed by atoms with Crippen LogP contribution in [0.15, 0.2) is 21.9 Å². The van der Waals surface area contributed by atoms with Crippen molar-refractivity contribution in [1.29, 1.82) is 0 Å². The standard InChI is InChI=1S/C13H16N2OS/c1-9-4-5-12(16-9)13-15-11(8-17-13)7-10-3-2-6-14-10/h4-5,8,10,14H,2-3,6-7H2,1H3. The van der Waals surface area contributed by atoms with Gasteiger partial charge in [0, 0.05) is 17.8 Å². The lowest BCUT2D eigenvalue weighted by Crippen LogP contribution is -2.23. The number of furan rings is 1. The molecule has 0 saturated carbocycles. The van der Waals surface area contributed by atoms with Crippen molar-refractivity contribution in [3.05, 3.63) is 29.0 Å². The molecule has 3 nitrogen and oxygen atoms in total. The van der Waals surface area contributed by atoms with E-state index in [-0.39, 0.29) is 0 Å². The highest BCUT2D eigenvalue weighted by atomic mass is 32.1. The van der Waals surface area contributed by atoms with Crippen LogP contribution >= 0.6 is 11.3 Å². The second-order valence-electron chi connectivity index (χ2n) is 4.55. The molecule has 1 fully saturated rings. The largest absolute Gasteiger partial charge is 0.459 e. The van der Waals surface area contributed by atoms with Crippen LogP contribution in [0.25, 0.3) is 10.8 Å². The molecule has 1 unspecified atom stereocenters. The van der Waals surface area contributed by atoms with Crippen LogP contribution in [0, 0.1) is 6.92 Å². The maximum atomic E-state index is 5.59. The fraction of sp³-hybridized carbons (Fsp3) is 0.462. The third kappa shape index (κ3) is 2.42. The molecule has 0 aliphatic carbocycles. The fourth-order valence-corrected chi connectivity index (χ4v) is 3.04. The number of aryl methyl sites for hydroxylation is 1. The number of rotatable bonds is 3. The van der Waals surface area contributed by atoms with Gasteiger partial charge in [0.2, 0.25) is 0 Å². The van der Waals surface area contributed by atoms with Crippen LogP contribution in [0.5, 0.6) is 0 Å².